The van der Waals surface area contributed by atoms with Gasteiger partial charge in [0.2, 0.25) is 5.91 Å². The Morgan fingerprint density at radius 3 is 2.68 bits per heavy atom. The van der Waals surface area contributed by atoms with Crippen LogP contribution in [0.4, 0.5) is 13.2 Å². The van der Waals surface area contributed by atoms with E-state index >= 15 is 0 Å². The van der Waals surface area contributed by atoms with E-state index in [-0.39, 0.29) is 11.9 Å². The summed E-state index contributed by atoms with van der Waals surface area (Å²) in [6, 6.07) is 5.09. The lowest BCUT2D eigenvalue weighted by Crippen LogP contribution is -2.40. The van der Waals surface area contributed by atoms with E-state index in [1.165, 1.54) is 24.6 Å². The molecule has 2 atom stereocenters. The Balaban J connectivity index is 1.97. The quantitative estimate of drug-likeness (QED) is 0.823. The molecule has 2 nitrogen and oxygen atoms in total. The Kier molecular flexibility index (Phi) is 5.27. The van der Waals surface area contributed by atoms with Gasteiger partial charge >= 0.3 is 6.18 Å². The molecule has 22 heavy (non-hydrogen) atoms. The van der Waals surface area contributed by atoms with Crippen molar-refractivity contribution in [3.63, 3.8) is 0 Å². The van der Waals surface area contributed by atoms with Crippen molar-refractivity contribution in [2.75, 3.05) is 0 Å². The van der Waals surface area contributed by atoms with Crippen molar-refractivity contribution in [2.24, 2.45) is 5.92 Å². The van der Waals surface area contributed by atoms with Gasteiger partial charge in [0.15, 0.2) is 0 Å². The molecule has 1 aliphatic carbocycles. The smallest absolute Gasteiger partial charge is 0.350 e. The fourth-order valence-corrected chi connectivity index (χ4v) is 2.75. The number of hydrogen-bond acceptors (Lipinski definition) is 1. The molecule has 1 N–H and O–H groups in total. The Morgan fingerprint density at radius 1 is 1.27 bits per heavy atom. The first-order valence-corrected chi connectivity index (χ1v) is 7.52. The van der Waals surface area contributed by atoms with Gasteiger partial charge in [0.05, 0.1) is 5.56 Å². The molecule has 1 aromatic carbocycles. The highest BCUT2D eigenvalue weighted by atomic mass is 19.4. The Bertz CT molecular complexity index is 551. The SMILES string of the molecule is CC1CCCCC1NC(=O)C=Cc1cccc(C(F)(F)F)c1. The van der Waals surface area contributed by atoms with Crippen molar-refractivity contribution in [1.29, 1.82) is 0 Å². The molecule has 2 unspecified atom stereocenters. The molecule has 0 radical (unpaired) electrons. The van der Waals surface area contributed by atoms with Crippen molar-refractivity contribution in [3.05, 3.63) is 41.5 Å². The van der Waals surface area contributed by atoms with Gasteiger partial charge < -0.3 is 5.32 Å². The monoisotopic (exact) mass is 311 g/mol. The lowest BCUT2D eigenvalue weighted by molar-refractivity contribution is -0.137. The molecule has 0 spiro atoms. The van der Waals surface area contributed by atoms with Gasteiger partial charge in [0, 0.05) is 12.1 Å². The summed E-state index contributed by atoms with van der Waals surface area (Å²) >= 11 is 0. The average Bonchev–Trinajstić information content (AvgIpc) is 2.47. The Labute approximate surface area is 128 Å². The lowest BCUT2D eigenvalue weighted by atomic mass is 9.86. The second-order valence-electron chi connectivity index (χ2n) is 5.83. The fourth-order valence-electron chi connectivity index (χ4n) is 2.75. The molecule has 5 heteroatoms. The molecule has 0 saturated heterocycles. The number of rotatable bonds is 3. The zero-order chi connectivity index (χ0) is 16.2. The predicted molar refractivity (Wildman–Crippen MR) is 80.0 cm³/mol. The minimum atomic E-state index is -4.37. The van der Waals surface area contributed by atoms with Gasteiger partial charge in [-0.05, 0) is 42.5 Å². The summed E-state index contributed by atoms with van der Waals surface area (Å²) < 4.78 is 37.8. The third kappa shape index (κ3) is 4.61. The van der Waals surface area contributed by atoms with E-state index in [1.54, 1.807) is 6.07 Å². The summed E-state index contributed by atoms with van der Waals surface area (Å²) in [5.74, 6) is 0.191. The molecule has 0 heterocycles. The summed E-state index contributed by atoms with van der Waals surface area (Å²) in [6.45, 7) is 2.11. The van der Waals surface area contributed by atoms with Crippen LogP contribution in [0, 0.1) is 5.92 Å². The zero-order valence-corrected chi connectivity index (χ0v) is 12.5. The number of benzene rings is 1. The van der Waals surface area contributed by atoms with Crippen molar-refractivity contribution in [3.8, 4) is 0 Å². The van der Waals surface area contributed by atoms with Crippen LogP contribution >= 0.6 is 0 Å². The second-order valence-corrected chi connectivity index (χ2v) is 5.83. The van der Waals surface area contributed by atoms with Crippen LogP contribution in [0.15, 0.2) is 30.3 Å². The normalized spacial score (nSPS) is 22.7. The van der Waals surface area contributed by atoms with Crippen molar-refractivity contribution in [2.45, 2.75) is 44.8 Å². The number of hydrogen-bond donors (Lipinski definition) is 1. The van der Waals surface area contributed by atoms with Gasteiger partial charge in [-0.25, -0.2) is 0 Å². The summed E-state index contributed by atoms with van der Waals surface area (Å²) in [6.07, 6.45) is 2.70. The van der Waals surface area contributed by atoms with Gasteiger partial charge in [0.25, 0.3) is 0 Å². The van der Waals surface area contributed by atoms with E-state index in [0.717, 1.165) is 31.4 Å². The molecule has 1 fully saturated rings. The lowest BCUT2D eigenvalue weighted by Gasteiger charge is -2.29. The summed E-state index contributed by atoms with van der Waals surface area (Å²) in [4.78, 5) is 11.9. The standard InChI is InChI=1S/C17H20F3NO/c1-12-5-2-3-8-15(12)21-16(22)10-9-13-6-4-7-14(11-13)17(18,19)20/h4,6-7,9-12,15H,2-3,5,8H2,1H3,(H,21,22). The third-order valence-corrected chi connectivity index (χ3v) is 4.08. The second kappa shape index (κ2) is 6.99. The van der Waals surface area contributed by atoms with Gasteiger partial charge in [0.1, 0.15) is 0 Å². The molecule has 0 aromatic heterocycles. The van der Waals surface area contributed by atoms with E-state index in [4.69, 9.17) is 0 Å². The van der Waals surface area contributed by atoms with Crippen LogP contribution in [-0.4, -0.2) is 11.9 Å². The summed E-state index contributed by atoms with van der Waals surface area (Å²) in [5.41, 5.74) is -0.349. The Hall–Kier alpha value is -1.78. The molecule has 0 bridgehead atoms. The van der Waals surface area contributed by atoms with Gasteiger partial charge in [-0.3, -0.25) is 4.79 Å². The average molecular weight is 311 g/mol. The molecule has 2 rings (SSSR count). The Morgan fingerprint density at radius 2 is 2.00 bits per heavy atom. The van der Waals surface area contributed by atoms with E-state index in [9.17, 15) is 18.0 Å². The maximum absolute atomic E-state index is 12.6. The minimum Gasteiger partial charge on any atom is -0.350 e. The van der Waals surface area contributed by atoms with Crippen LogP contribution in [-0.2, 0) is 11.0 Å². The number of halogens is 3. The third-order valence-electron chi connectivity index (χ3n) is 4.08. The largest absolute Gasteiger partial charge is 0.416 e. The van der Waals surface area contributed by atoms with E-state index in [0.29, 0.717) is 11.5 Å². The highest BCUT2D eigenvalue weighted by Gasteiger charge is 2.30. The highest BCUT2D eigenvalue weighted by Crippen LogP contribution is 2.29. The molecular weight excluding hydrogens is 291 g/mol. The van der Waals surface area contributed by atoms with E-state index in [1.807, 2.05) is 0 Å². The molecule has 1 saturated carbocycles. The number of carbonyl (C=O) groups is 1. The molecule has 1 aromatic rings. The maximum Gasteiger partial charge on any atom is 0.416 e. The van der Waals surface area contributed by atoms with Crippen molar-refractivity contribution in [1.82, 2.24) is 5.32 Å². The first-order valence-electron chi connectivity index (χ1n) is 7.52. The summed E-state index contributed by atoms with van der Waals surface area (Å²) in [7, 11) is 0. The first kappa shape index (κ1) is 16.6. The minimum absolute atomic E-state index is 0.160. The number of amides is 1. The number of nitrogens with one attached hydrogen (secondary N) is 1. The molecule has 1 aliphatic rings. The van der Waals surface area contributed by atoms with Crippen LogP contribution in [0.1, 0.15) is 43.7 Å². The molecule has 1 amide bonds. The number of carbonyl (C=O) groups excluding carboxylic acids is 1. The van der Waals surface area contributed by atoms with Crippen LogP contribution in [0.2, 0.25) is 0 Å². The van der Waals surface area contributed by atoms with Gasteiger partial charge in [-0.15, -0.1) is 0 Å². The fraction of sp³-hybridized carbons (Fsp3) is 0.471. The first-order chi connectivity index (χ1) is 10.4. The highest BCUT2D eigenvalue weighted by molar-refractivity contribution is 5.91. The van der Waals surface area contributed by atoms with E-state index < -0.39 is 11.7 Å². The van der Waals surface area contributed by atoms with Gasteiger partial charge in [-0.2, -0.15) is 13.2 Å². The van der Waals surface area contributed by atoms with Gasteiger partial charge in [-0.1, -0.05) is 31.9 Å². The summed E-state index contributed by atoms with van der Waals surface area (Å²) in [5, 5.41) is 2.94. The molecule has 120 valence electrons. The molecular formula is C17H20F3NO. The van der Waals surface area contributed by atoms with Crippen molar-refractivity contribution < 1.29 is 18.0 Å². The van der Waals surface area contributed by atoms with E-state index in [2.05, 4.69) is 12.2 Å². The predicted octanol–water partition coefficient (Wildman–Crippen LogP) is 4.41. The zero-order valence-electron chi connectivity index (χ0n) is 12.5. The topological polar surface area (TPSA) is 29.1 Å². The van der Waals surface area contributed by atoms with Crippen LogP contribution < -0.4 is 5.32 Å². The van der Waals surface area contributed by atoms with Crippen LogP contribution in [0.25, 0.3) is 6.08 Å². The molecule has 0 aliphatic heterocycles. The van der Waals surface area contributed by atoms with Crippen LogP contribution in [0.5, 0.6) is 0 Å². The van der Waals surface area contributed by atoms with Crippen LogP contribution in [0.3, 0.4) is 0 Å². The number of alkyl halides is 3. The maximum atomic E-state index is 12.6. The van der Waals surface area contributed by atoms with Crippen molar-refractivity contribution >= 4 is 12.0 Å².